The summed E-state index contributed by atoms with van der Waals surface area (Å²) < 4.78 is 5.47. The molecule has 1 amide bonds. The maximum absolute atomic E-state index is 13.1. The third-order valence-corrected chi connectivity index (χ3v) is 6.14. The zero-order chi connectivity index (χ0) is 24.2. The van der Waals surface area contributed by atoms with Gasteiger partial charge in [0.2, 0.25) is 0 Å². The first kappa shape index (κ1) is 23.5. The van der Waals surface area contributed by atoms with E-state index in [1.807, 2.05) is 0 Å². The number of halogens is 2. The van der Waals surface area contributed by atoms with E-state index in [0.29, 0.717) is 28.5 Å². The zero-order valence-corrected chi connectivity index (χ0v) is 19.5. The van der Waals surface area contributed by atoms with Crippen LogP contribution < -0.4 is 4.74 Å². The summed E-state index contributed by atoms with van der Waals surface area (Å²) in [7, 11) is 0. The van der Waals surface area contributed by atoms with E-state index in [9.17, 15) is 14.7 Å². The van der Waals surface area contributed by atoms with E-state index in [2.05, 4.69) is 11.6 Å². The normalized spacial score (nSPS) is 17.1. The number of carbonyl (C=O) groups excluding carboxylic acids is 2. The van der Waals surface area contributed by atoms with Gasteiger partial charge in [-0.2, -0.15) is 0 Å². The van der Waals surface area contributed by atoms with Crippen molar-refractivity contribution in [3.63, 3.8) is 0 Å². The van der Waals surface area contributed by atoms with Gasteiger partial charge in [0, 0.05) is 24.5 Å². The molecule has 0 spiro atoms. The minimum absolute atomic E-state index is 0.0304. The number of benzene rings is 2. The Hall–Kier alpha value is -3.61. The second kappa shape index (κ2) is 10.1. The quantitative estimate of drug-likeness (QED) is 0.201. The lowest BCUT2D eigenvalue weighted by molar-refractivity contribution is -0.140. The van der Waals surface area contributed by atoms with E-state index >= 15 is 0 Å². The fraction of sp³-hybridized carbons (Fsp3) is 0.115. The van der Waals surface area contributed by atoms with E-state index < -0.39 is 17.7 Å². The van der Waals surface area contributed by atoms with Gasteiger partial charge in [-0.15, -0.1) is 0 Å². The number of likely N-dealkylation sites (tertiary alicyclic amines) is 1. The molecule has 0 unspecified atom stereocenters. The first-order valence-corrected chi connectivity index (χ1v) is 11.1. The third kappa shape index (κ3) is 4.69. The summed E-state index contributed by atoms with van der Waals surface area (Å²) in [6.45, 7) is 4.09. The molecule has 1 N–H and O–H groups in total. The second-order valence-corrected chi connectivity index (χ2v) is 8.39. The first-order chi connectivity index (χ1) is 16.4. The van der Waals surface area contributed by atoms with E-state index in [1.54, 1.807) is 73.1 Å². The van der Waals surface area contributed by atoms with Crippen LogP contribution >= 0.6 is 23.2 Å². The molecule has 1 saturated heterocycles. The molecule has 6 nitrogen and oxygen atoms in total. The Labute approximate surface area is 206 Å². The molecular weight excluding hydrogens is 475 g/mol. The van der Waals surface area contributed by atoms with Crippen LogP contribution in [0, 0.1) is 0 Å². The topological polar surface area (TPSA) is 79.7 Å². The number of aliphatic hydroxyl groups excluding tert-OH is 1. The van der Waals surface area contributed by atoms with Crippen molar-refractivity contribution in [2.24, 2.45) is 0 Å². The molecule has 0 saturated carbocycles. The van der Waals surface area contributed by atoms with Gasteiger partial charge in [-0.25, -0.2) is 0 Å². The van der Waals surface area contributed by atoms with Gasteiger partial charge in [0.1, 0.15) is 18.1 Å². The molecule has 1 aliphatic heterocycles. The summed E-state index contributed by atoms with van der Waals surface area (Å²) in [5.74, 6) is -1.22. The number of Topliss-reactive ketones (excluding diaryl/α,β-unsaturated/α-hetero) is 1. The summed E-state index contributed by atoms with van der Waals surface area (Å²) in [6.07, 6.45) is 4.83. The van der Waals surface area contributed by atoms with Crippen LogP contribution in [-0.4, -0.2) is 33.3 Å². The molecule has 34 heavy (non-hydrogen) atoms. The van der Waals surface area contributed by atoms with Gasteiger partial charge < -0.3 is 14.7 Å². The fourth-order valence-electron chi connectivity index (χ4n) is 3.78. The molecule has 2 heterocycles. The van der Waals surface area contributed by atoms with Gasteiger partial charge in [0.15, 0.2) is 0 Å². The van der Waals surface area contributed by atoms with Crippen LogP contribution in [-0.2, 0) is 16.1 Å². The van der Waals surface area contributed by atoms with Gasteiger partial charge in [-0.05, 0) is 59.7 Å². The molecule has 4 rings (SSSR count). The number of rotatable bonds is 7. The van der Waals surface area contributed by atoms with E-state index in [4.69, 9.17) is 27.9 Å². The highest BCUT2D eigenvalue weighted by molar-refractivity contribution is 6.46. The number of amides is 1. The van der Waals surface area contributed by atoms with Crippen LogP contribution in [0.5, 0.6) is 5.75 Å². The van der Waals surface area contributed by atoms with Crippen LogP contribution in [0.4, 0.5) is 0 Å². The molecule has 1 aliphatic rings. The van der Waals surface area contributed by atoms with E-state index in [0.717, 1.165) is 5.56 Å². The number of nitrogens with zero attached hydrogens (tertiary/aromatic N) is 2. The highest BCUT2D eigenvalue weighted by Gasteiger charge is 2.46. The van der Waals surface area contributed by atoms with Crippen LogP contribution in [0.25, 0.3) is 5.76 Å². The number of hydrogen-bond donors (Lipinski definition) is 1. The summed E-state index contributed by atoms with van der Waals surface area (Å²) in [5.41, 5.74) is 1.68. The molecule has 172 valence electrons. The highest BCUT2D eigenvalue weighted by atomic mass is 35.5. The van der Waals surface area contributed by atoms with Gasteiger partial charge >= 0.3 is 0 Å². The highest BCUT2D eigenvalue weighted by Crippen LogP contribution is 2.41. The summed E-state index contributed by atoms with van der Waals surface area (Å²) in [6, 6.07) is 14.1. The molecule has 0 radical (unpaired) electrons. The Balaban J connectivity index is 1.81. The maximum atomic E-state index is 13.1. The minimum atomic E-state index is -0.861. The first-order valence-electron chi connectivity index (χ1n) is 10.4. The molecular formula is C26H20Cl2N2O4. The lowest BCUT2D eigenvalue weighted by atomic mass is 9.95. The Morgan fingerprint density at radius 3 is 2.41 bits per heavy atom. The van der Waals surface area contributed by atoms with Crippen molar-refractivity contribution < 1.29 is 19.4 Å². The van der Waals surface area contributed by atoms with Gasteiger partial charge in [0.05, 0.1) is 21.7 Å². The number of carbonyl (C=O) groups is 2. The summed E-state index contributed by atoms with van der Waals surface area (Å²) >= 11 is 12.3. The van der Waals surface area contributed by atoms with Crippen molar-refractivity contribution in [3.05, 3.63) is 112 Å². The van der Waals surface area contributed by atoms with Crippen molar-refractivity contribution in [1.82, 2.24) is 9.88 Å². The molecule has 1 atom stereocenters. The average molecular weight is 495 g/mol. The van der Waals surface area contributed by atoms with Crippen molar-refractivity contribution in [2.75, 3.05) is 6.61 Å². The van der Waals surface area contributed by atoms with Crippen LogP contribution in [0.3, 0.4) is 0 Å². The smallest absolute Gasteiger partial charge is 0.295 e. The Morgan fingerprint density at radius 1 is 1.06 bits per heavy atom. The molecule has 0 aliphatic carbocycles. The lowest BCUT2D eigenvalue weighted by Crippen LogP contribution is -2.29. The minimum Gasteiger partial charge on any atom is -0.507 e. The largest absolute Gasteiger partial charge is 0.507 e. The molecule has 8 heteroatoms. The average Bonchev–Trinajstić information content (AvgIpc) is 3.10. The fourth-order valence-corrected chi connectivity index (χ4v) is 4.08. The third-order valence-electron chi connectivity index (χ3n) is 5.40. The second-order valence-electron chi connectivity index (χ2n) is 7.58. The predicted molar refractivity (Wildman–Crippen MR) is 131 cm³/mol. The number of hydrogen-bond acceptors (Lipinski definition) is 5. The molecule has 1 fully saturated rings. The monoisotopic (exact) mass is 494 g/mol. The summed E-state index contributed by atoms with van der Waals surface area (Å²) in [4.78, 5) is 31.6. The molecule has 2 aromatic carbocycles. The van der Waals surface area contributed by atoms with Crippen molar-refractivity contribution in [1.29, 1.82) is 0 Å². The van der Waals surface area contributed by atoms with Crippen LogP contribution in [0.15, 0.2) is 85.2 Å². The van der Waals surface area contributed by atoms with Crippen molar-refractivity contribution >= 4 is 40.7 Å². The number of aromatic nitrogens is 1. The summed E-state index contributed by atoms with van der Waals surface area (Å²) in [5, 5.41) is 11.8. The van der Waals surface area contributed by atoms with E-state index in [-0.39, 0.29) is 22.9 Å². The maximum Gasteiger partial charge on any atom is 0.295 e. The van der Waals surface area contributed by atoms with Crippen LogP contribution in [0.2, 0.25) is 10.0 Å². The van der Waals surface area contributed by atoms with Crippen molar-refractivity contribution in [2.45, 2.75) is 12.6 Å². The van der Waals surface area contributed by atoms with Crippen molar-refractivity contribution in [3.8, 4) is 5.75 Å². The zero-order valence-electron chi connectivity index (χ0n) is 17.9. The number of aliphatic hydroxyl groups is 1. The SMILES string of the molecule is C=CCOc1ccc(C(O)=C2C(=O)C(=O)N(Cc3ccncc3)[C@H]2c2ccc(Cl)c(Cl)c2)cc1. The Kier molecular flexibility index (Phi) is 7.01. The molecule has 0 bridgehead atoms. The standard InChI is InChI=1S/C26H20Cl2N2O4/c1-2-13-34-19-6-3-17(4-7-19)24(31)22-23(18-5-8-20(27)21(28)14-18)30(26(33)25(22)32)15-16-9-11-29-12-10-16/h2-12,14,23,31H,1,13,15H2/t23-/m0/s1. The van der Waals surface area contributed by atoms with Crippen LogP contribution in [0.1, 0.15) is 22.7 Å². The Bertz CT molecular complexity index is 1270. The van der Waals surface area contributed by atoms with Gasteiger partial charge in [0.25, 0.3) is 11.7 Å². The number of ether oxygens (including phenoxy) is 1. The molecule has 1 aromatic heterocycles. The lowest BCUT2D eigenvalue weighted by Gasteiger charge is -2.25. The number of ketones is 1. The predicted octanol–water partition coefficient (Wildman–Crippen LogP) is 5.58. The Morgan fingerprint density at radius 2 is 1.76 bits per heavy atom. The van der Waals surface area contributed by atoms with E-state index in [1.165, 1.54) is 4.90 Å². The van der Waals surface area contributed by atoms with Gasteiger partial charge in [-0.3, -0.25) is 14.6 Å². The van der Waals surface area contributed by atoms with Gasteiger partial charge in [-0.1, -0.05) is 41.9 Å². The number of pyridine rings is 1. The molecule has 3 aromatic rings.